The van der Waals surface area contributed by atoms with Crippen molar-refractivity contribution in [3.05, 3.63) is 82.4 Å². The number of rotatable bonds is 5. The zero-order valence-electron chi connectivity index (χ0n) is 27.3. The lowest BCUT2D eigenvalue weighted by Gasteiger charge is -2.21. The van der Waals surface area contributed by atoms with E-state index in [-0.39, 0.29) is 73.3 Å². The van der Waals surface area contributed by atoms with Gasteiger partial charge < -0.3 is 30.3 Å². The Morgan fingerprint density at radius 2 is 1.85 bits per heavy atom. The van der Waals surface area contributed by atoms with Crippen LogP contribution < -0.4 is 25.4 Å². The van der Waals surface area contributed by atoms with E-state index >= 15 is 0 Å². The summed E-state index contributed by atoms with van der Waals surface area (Å²) < 4.78 is 13.7. The van der Waals surface area contributed by atoms with Crippen molar-refractivity contribution < 1.29 is 28.7 Å². The highest BCUT2D eigenvalue weighted by Gasteiger charge is 2.38. The first-order valence-corrected chi connectivity index (χ1v) is 15.9. The van der Waals surface area contributed by atoms with E-state index in [0.29, 0.717) is 17.9 Å². The summed E-state index contributed by atoms with van der Waals surface area (Å²) in [6.07, 6.45) is 1.59. The normalized spacial score (nSPS) is 18.1. The van der Waals surface area contributed by atoms with Crippen molar-refractivity contribution in [2.75, 3.05) is 19.7 Å². The molecule has 1 fully saturated rings. The highest BCUT2D eigenvalue weighted by atomic mass is 16.5. The number of aryl methyl sites for hydroxylation is 2. The number of amides is 4. The van der Waals surface area contributed by atoms with Gasteiger partial charge in [0.05, 0.1) is 12.6 Å². The van der Waals surface area contributed by atoms with Gasteiger partial charge in [0.25, 0.3) is 23.5 Å². The van der Waals surface area contributed by atoms with Crippen LogP contribution in [0.5, 0.6) is 11.5 Å². The fourth-order valence-electron chi connectivity index (χ4n) is 5.95. The van der Waals surface area contributed by atoms with E-state index in [0.717, 1.165) is 22.5 Å². The summed E-state index contributed by atoms with van der Waals surface area (Å²) in [4.78, 5) is 63.2. The number of aromatic nitrogens is 4. The van der Waals surface area contributed by atoms with Gasteiger partial charge in [-0.15, -0.1) is 0 Å². The summed E-state index contributed by atoms with van der Waals surface area (Å²) in [6, 6.07) is 11.0. The summed E-state index contributed by atoms with van der Waals surface area (Å²) in [5.41, 5.74) is 3.84. The SMILES string of the molecule is Cc1nc2ncnn2c(C)c1CCC(=O)N1C[C@@H]2NC(=O)c3cc(cc(C(=O)NC(C)C)c3)OCC(=O)NCc3ccc(cc3)O[C@H]2C1. The molecule has 2 aromatic heterocycles. The minimum atomic E-state index is -0.561. The highest BCUT2D eigenvalue weighted by Crippen LogP contribution is 2.24. The third-order valence-corrected chi connectivity index (χ3v) is 8.43. The first-order valence-electron chi connectivity index (χ1n) is 15.9. The van der Waals surface area contributed by atoms with Crippen LogP contribution in [0.15, 0.2) is 48.8 Å². The van der Waals surface area contributed by atoms with Crippen LogP contribution in [0.2, 0.25) is 0 Å². The molecule has 4 aromatic rings. The Balaban J connectivity index is 1.25. The van der Waals surface area contributed by atoms with Gasteiger partial charge in [-0.3, -0.25) is 19.2 Å². The third-order valence-electron chi connectivity index (χ3n) is 8.43. The van der Waals surface area contributed by atoms with E-state index in [1.54, 1.807) is 21.5 Å². The topological polar surface area (TPSA) is 169 Å². The smallest absolute Gasteiger partial charge is 0.258 e. The lowest BCUT2D eigenvalue weighted by molar-refractivity contribution is -0.130. The minimum absolute atomic E-state index is 0.0888. The second-order valence-corrected chi connectivity index (χ2v) is 12.4. The second-order valence-electron chi connectivity index (χ2n) is 12.4. The van der Waals surface area contributed by atoms with E-state index in [1.165, 1.54) is 24.5 Å². The van der Waals surface area contributed by atoms with Crippen LogP contribution in [0.1, 0.15) is 63.5 Å². The average Bonchev–Trinajstić information content (AvgIpc) is 3.69. The molecule has 0 saturated carbocycles. The number of likely N-dealkylation sites (tertiary alicyclic amines) is 1. The van der Waals surface area contributed by atoms with Crippen molar-refractivity contribution in [3.8, 4) is 11.5 Å². The van der Waals surface area contributed by atoms with Gasteiger partial charge in [-0.25, -0.2) is 9.50 Å². The molecule has 14 heteroatoms. The molecule has 7 rings (SSSR count). The lowest BCUT2D eigenvalue weighted by Crippen LogP contribution is -2.45. The van der Waals surface area contributed by atoms with Gasteiger partial charge in [0, 0.05) is 48.1 Å². The van der Waals surface area contributed by atoms with Crippen LogP contribution in [0.4, 0.5) is 0 Å². The summed E-state index contributed by atoms with van der Waals surface area (Å²) in [6.45, 7) is 7.94. The minimum Gasteiger partial charge on any atom is -0.486 e. The number of carbonyl (C=O) groups is 4. The molecule has 48 heavy (non-hydrogen) atoms. The molecule has 4 bridgehead atoms. The monoisotopic (exact) mass is 654 g/mol. The predicted molar refractivity (Wildman–Crippen MR) is 174 cm³/mol. The number of hydrogen-bond acceptors (Lipinski definition) is 9. The van der Waals surface area contributed by atoms with E-state index in [4.69, 9.17) is 9.47 Å². The van der Waals surface area contributed by atoms with Gasteiger partial charge in [0.1, 0.15) is 23.9 Å². The molecule has 0 aliphatic carbocycles. The van der Waals surface area contributed by atoms with Gasteiger partial charge in [0.2, 0.25) is 5.91 Å². The molecule has 3 aliphatic heterocycles. The van der Waals surface area contributed by atoms with Crippen LogP contribution in [0.3, 0.4) is 0 Å². The van der Waals surface area contributed by atoms with Crippen LogP contribution in [0.25, 0.3) is 5.78 Å². The molecule has 5 heterocycles. The summed E-state index contributed by atoms with van der Waals surface area (Å²) in [7, 11) is 0. The maximum atomic E-state index is 13.7. The summed E-state index contributed by atoms with van der Waals surface area (Å²) in [5, 5.41) is 12.9. The molecule has 0 spiro atoms. The largest absolute Gasteiger partial charge is 0.486 e. The summed E-state index contributed by atoms with van der Waals surface area (Å²) in [5.74, 6) is -0.0441. The number of hydrogen-bond donors (Lipinski definition) is 3. The standard InChI is InChI=1S/C34H38N8O6/c1-19(2)38-32(45)23-11-24-13-26(12-23)47-17-30(43)35-14-22-5-7-25(8-6-22)48-29-16-41(15-28(29)40-33(24)46)31(44)10-9-27-20(3)39-34-36-18-37-42(34)21(27)4/h5-8,11-13,18-19,28-29H,9-10,14-17H2,1-4H3,(H,35,43)(H,38,45)(H,40,46)/t28-,29-/m0/s1. The van der Waals surface area contributed by atoms with Gasteiger partial charge in [-0.1, -0.05) is 12.1 Å². The fourth-order valence-corrected chi connectivity index (χ4v) is 5.95. The van der Waals surface area contributed by atoms with Crippen molar-refractivity contribution in [1.29, 1.82) is 0 Å². The number of ether oxygens (including phenoxy) is 2. The van der Waals surface area contributed by atoms with E-state index in [9.17, 15) is 19.2 Å². The molecular weight excluding hydrogens is 616 g/mol. The molecule has 2 atom stereocenters. The Morgan fingerprint density at radius 3 is 2.62 bits per heavy atom. The molecule has 4 amide bonds. The summed E-state index contributed by atoms with van der Waals surface area (Å²) >= 11 is 0. The molecule has 1 saturated heterocycles. The lowest BCUT2D eigenvalue weighted by atomic mass is 10.1. The van der Waals surface area contributed by atoms with E-state index in [1.807, 2.05) is 39.8 Å². The molecule has 250 valence electrons. The Bertz CT molecular complexity index is 1870. The molecule has 3 aliphatic rings. The average molecular weight is 655 g/mol. The van der Waals surface area contributed by atoms with Gasteiger partial charge in [-0.05, 0) is 75.6 Å². The Morgan fingerprint density at radius 1 is 1.06 bits per heavy atom. The van der Waals surface area contributed by atoms with Crippen LogP contribution >= 0.6 is 0 Å². The van der Waals surface area contributed by atoms with Crippen LogP contribution in [-0.2, 0) is 22.6 Å². The predicted octanol–water partition coefficient (Wildman–Crippen LogP) is 1.91. The molecular formula is C34H38N8O6. The maximum Gasteiger partial charge on any atom is 0.258 e. The zero-order chi connectivity index (χ0) is 33.9. The number of benzene rings is 2. The maximum absolute atomic E-state index is 13.7. The fraction of sp³-hybridized carbons (Fsp3) is 0.382. The number of nitrogens with zero attached hydrogens (tertiary/aromatic N) is 5. The molecule has 14 nitrogen and oxygen atoms in total. The van der Waals surface area contributed by atoms with Crippen molar-refractivity contribution in [3.63, 3.8) is 0 Å². The second kappa shape index (κ2) is 13.7. The Hall–Kier alpha value is -5.53. The molecule has 3 N–H and O–H groups in total. The quantitative estimate of drug-likeness (QED) is 0.291. The molecule has 2 aromatic carbocycles. The Labute approximate surface area is 277 Å². The van der Waals surface area contributed by atoms with E-state index < -0.39 is 18.1 Å². The van der Waals surface area contributed by atoms with E-state index in [2.05, 4.69) is 31.0 Å². The first kappa shape index (κ1) is 32.4. The van der Waals surface area contributed by atoms with Crippen molar-refractivity contribution in [2.45, 2.75) is 65.3 Å². The Kier molecular flexibility index (Phi) is 9.24. The first-order chi connectivity index (χ1) is 23.0. The van der Waals surface area contributed by atoms with Crippen LogP contribution in [0, 0.1) is 13.8 Å². The zero-order valence-corrected chi connectivity index (χ0v) is 27.3. The van der Waals surface area contributed by atoms with Crippen molar-refractivity contribution in [2.24, 2.45) is 0 Å². The highest BCUT2D eigenvalue weighted by molar-refractivity contribution is 6.00. The number of fused-ring (bicyclic) bond motifs is 8. The number of carbonyl (C=O) groups excluding carboxylic acids is 4. The van der Waals surface area contributed by atoms with Gasteiger partial charge >= 0.3 is 0 Å². The van der Waals surface area contributed by atoms with Crippen LogP contribution in [-0.4, -0.2) is 86.0 Å². The van der Waals surface area contributed by atoms with Gasteiger partial charge in [0.15, 0.2) is 6.61 Å². The van der Waals surface area contributed by atoms with Crippen molar-refractivity contribution >= 4 is 29.4 Å². The molecule has 0 unspecified atom stereocenters. The van der Waals surface area contributed by atoms with Gasteiger partial charge in [-0.2, -0.15) is 10.1 Å². The third kappa shape index (κ3) is 7.22. The van der Waals surface area contributed by atoms with Crippen molar-refractivity contribution in [1.82, 2.24) is 40.4 Å². The molecule has 0 radical (unpaired) electrons. The number of nitrogens with one attached hydrogen (secondary N) is 3.